The number of hydrogen-bond acceptors (Lipinski definition) is 9. The van der Waals surface area contributed by atoms with Gasteiger partial charge in [0.15, 0.2) is 5.82 Å². The zero-order valence-electron chi connectivity index (χ0n) is 33.4. The highest BCUT2D eigenvalue weighted by Gasteiger charge is 2.33. The Labute approximate surface area is 342 Å². The minimum absolute atomic E-state index is 0.0510. The second kappa shape index (κ2) is 17.8. The number of carbonyl (C=O) groups excluding carboxylic acids is 3. The molecule has 0 radical (unpaired) electrons. The number of amides is 3. The number of anilines is 2. The van der Waals surface area contributed by atoms with Gasteiger partial charge in [-0.2, -0.15) is 0 Å². The van der Waals surface area contributed by atoms with Crippen molar-refractivity contribution in [1.82, 2.24) is 30.1 Å². The first-order chi connectivity index (χ1) is 28.6. The second-order valence-electron chi connectivity index (χ2n) is 16.8. The number of carbonyl (C=O) groups is 3. The molecule has 1 unspecified atom stereocenters. The molecule has 0 spiro atoms. The van der Waals surface area contributed by atoms with Gasteiger partial charge in [0.1, 0.15) is 17.6 Å². The lowest BCUT2D eigenvalue weighted by Crippen LogP contribution is -2.47. The van der Waals surface area contributed by atoms with Crippen molar-refractivity contribution in [3.63, 3.8) is 0 Å². The van der Waals surface area contributed by atoms with Crippen molar-refractivity contribution in [2.24, 2.45) is 5.92 Å². The molecule has 4 aromatic rings. The summed E-state index contributed by atoms with van der Waals surface area (Å²) in [6.45, 7) is 3.73. The number of aromatic nitrogens is 3. The van der Waals surface area contributed by atoms with E-state index in [1.165, 1.54) is 22.9 Å². The largest absolute Gasteiger partial charge is 0.374 e. The third-order valence-electron chi connectivity index (χ3n) is 12.7. The molecule has 14 heteroatoms. The highest BCUT2D eigenvalue weighted by molar-refractivity contribution is 6.01. The summed E-state index contributed by atoms with van der Waals surface area (Å²) in [6.07, 6.45) is 12.3. The lowest BCUT2D eigenvalue weighted by atomic mass is 9.83. The van der Waals surface area contributed by atoms with Crippen molar-refractivity contribution in [2.75, 3.05) is 23.7 Å². The molecule has 2 aromatic heterocycles. The highest BCUT2D eigenvalue weighted by atomic mass is 19.1. The Bertz CT molecular complexity index is 2240. The van der Waals surface area contributed by atoms with Crippen LogP contribution in [0.5, 0.6) is 0 Å². The minimum atomic E-state index is -0.553. The van der Waals surface area contributed by atoms with Gasteiger partial charge in [0.2, 0.25) is 23.7 Å². The Kier molecular flexibility index (Phi) is 12.1. The van der Waals surface area contributed by atoms with Crippen LogP contribution in [0.15, 0.2) is 71.8 Å². The number of rotatable bonds is 10. The van der Waals surface area contributed by atoms with Gasteiger partial charge in [0.05, 0.1) is 6.20 Å². The van der Waals surface area contributed by atoms with Gasteiger partial charge in [-0.05, 0) is 132 Å². The molecule has 12 nitrogen and oxygen atoms in total. The lowest BCUT2D eigenvalue weighted by Gasteiger charge is -2.41. The van der Waals surface area contributed by atoms with Crippen LogP contribution in [0.2, 0.25) is 0 Å². The average molecular weight is 807 g/mol. The number of imide groups is 1. The summed E-state index contributed by atoms with van der Waals surface area (Å²) in [5.41, 5.74) is 3.31. The van der Waals surface area contributed by atoms with Crippen LogP contribution in [-0.4, -0.2) is 74.4 Å². The fourth-order valence-electron chi connectivity index (χ4n) is 9.38. The van der Waals surface area contributed by atoms with E-state index >= 15 is 8.78 Å². The molecule has 310 valence electrons. The molecule has 3 amide bonds. The van der Waals surface area contributed by atoms with Gasteiger partial charge in [0.25, 0.3) is 5.56 Å². The van der Waals surface area contributed by atoms with Crippen LogP contribution in [0.3, 0.4) is 0 Å². The molecule has 2 aromatic carbocycles. The maximum atomic E-state index is 15.3. The summed E-state index contributed by atoms with van der Waals surface area (Å²) in [7, 11) is 0. The Balaban J connectivity index is 0.763. The normalized spacial score (nSPS) is 24.3. The van der Waals surface area contributed by atoms with Gasteiger partial charge in [-0.3, -0.25) is 29.1 Å². The molecule has 1 atom stereocenters. The second-order valence-corrected chi connectivity index (χ2v) is 16.8. The van der Waals surface area contributed by atoms with E-state index in [1.807, 2.05) is 19.1 Å². The van der Waals surface area contributed by atoms with Gasteiger partial charge in [-0.1, -0.05) is 24.3 Å². The van der Waals surface area contributed by atoms with Crippen LogP contribution in [0.1, 0.15) is 94.1 Å². The molecule has 4 fully saturated rings. The van der Waals surface area contributed by atoms with Gasteiger partial charge >= 0.3 is 0 Å². The third-order valence-corrected chi connectivity index (χ3v) is 12.7. The van der Waals surface area contributed by atoms with E-state index in [2.05, 4.69) is 36.1 Å². The zero-order valence-corrected chi connectivity index (χ0v) is 33.4. The molecular formula is C45H52F2N8O4. The van der Waals surface area contributed by atoms with Crippen molar-refractivity contribution < 1.29 is 23.2 Å². The number of halogens is 2. The fraction of sp³-hybridized carbons (Fsp3) is 0.467. The number of aryl methyl sites for hydroxylation is 1. The van der Waals surface area contributed by atoms with Crippen molar-refractivity contribution in [1.29, 1.82) is 0 Å². The van der Waals surface area contributed by atoms with Crippen LogP contribution < -0.4 is 26.8 Å². The van der Waals surface area contributed by atoms with E-state index < -0.39 is 11.9 Å². The Morgan fingerprint density at radius 2 is 1.58 bits per heavy atom. The monoisotopic (exact) mass is 806 g/mol. The predicted octanol–water partition coefficient (Wildman–Crippen LogP) is 6.38. The molecule has 4 aliphatic rings. The summed E-state index contributed by atoms with van der Waals surface area (Å²) >= 11 is 0. The first kappa shape index (κ1) is 40.3. The van der Waals surface area contributed by atoms with Crippen molar-refractivity contribution >= 4 is 29.4 Å². The Hall–Kier alpha value is -5.50. The summed E-state index contributed by atoms with van der Waals surface area (Å²) in [6, 6.07) is 15.6. The molecule has 2 aliphatic heterocycles. The third kappa shape index (κ3) is 9.53. The first-order valence-electron chi connectivity index (χ1n) is 21.1. The summed E-state index contributed by atoms with van der Waals surface area (Å²) in [5, 5.41) is 12.1. The Morgan fingerprint density at radius 3 is 2.32 bits per heavy atom. The van der Waals surface area contributed by atoms with Gasteiger partial charge < -0.3 is 20.9 Å². The Morgan fingerprint density at radius 1 is 0.814 bits per heavy atom. The van der Waals surface area contributed by atoms with Crippen LogP contribution in [0.4, 0.5) is 20.4 Å². The van der Waals surface area contributed by atoms with Gasteiger partial charge in [-0.25, -0.2) is 18.7 Å². The van der Waals surface area contributed by atoms with E-state index in [1.54, 1.807) is 36.5 Å². The van der Waals surface area contributed by atoms with Crippen LogP contribution in [-0.2, 0) is 14.4 Å². The SMILES string of the molecule is Cc1ccc(=O)n(-c2cccc(-c3nc(N[C@H]4CC[C@H](C(=O)N[C@H]5CC[C@H](N6CCC(c7ccc(NC8CCC(=O)NC8=O)cc7F)CC6)CC5)CC4)ncc3F)c2)c1. The number of nitrogens with zero attached hydrogens (tertiary/aromatic N) is 4. The zero-order chi connectivity index (χ0) is 41.0. The van der Waals surface area contributed by atoms with E-state index in [-0.39, 0.29) is 65.1 Å². The van der Waals surface area contributed by atoms with E-state index in [9.17, 15) is 19.2 Å². The molecule has 2 saturated carbocycles. The first-order valence-corrected chi connectivity index (χ1v) is 21.1. The van der Waals surface area contributed by atoms with E-state index in [0.29, 0.717) is 40.9 Å². The van der Waals surface area contributed by atoms with Crippen molar-refractivity contribution in [3.8, 4) is 16.9 Å². The molecule has 0 bridgehead atoms. The molecule has 2 saturated heterocycles. The van der Waals surface area contributed by atoms with Crippen LogP contribution >= 0.6 is 0 Å². The van der Waals surface area contributed by atoms with Crippen LogP contribution in [0.25, 0.3) is 16.9 Å². The topological polar surface area (TPSA) is 150 Å². The van der Waals surface area contributed by atoms with Crippen molar-refractivity contribution in [3.05, 3.63) is 100 Å². The predicted molar refractivity (Wildman–Crippen MR) is 221 cm³/mol. The maximum Gasteiger partial charge on any atom is 0.255 e. The number of hydrogen-bond donors (Lipinski definition) is 4. The average Bonchev–Trinajstić information content (AvgIpc) is 3.24. The molecule has 4 N–H and O–H groups in total. The summed E-state index contributed by atoms with van der Waals surface area (Å²) in [4.78, 5) is 60.7. The number of pyridine rings is 1. The van der Waals surface area contributed by atoms with Gasteiger partial charge in [0, 0.05) is 59.7 Å². The molecule has 59 heavy (non-hydrogen) atoms. The van der Waals surface area contributed by atoms with Crippen molar-refractivity contribution in [2.45, 2.75) is 114 Å². The number of benzene rings is 2. The lowest BCUT2D eigenvalue weighted by molar-refractivity contribution is -0.133. The number of piperidine rings is 2. The van der Waals surface area contributed by atoms with E-state index in [0.717, 1.165) is 82.9 Å². The number of likely N-dealkylation sites (tertiary alicyclic amines) is 1. The molecular weight excluding hydrogens is 755 g/mol. The highest BCUT2D eigenvalue weighted by Crippen LogP contribution is 2.35. The molecule has 8 rings (SSSR count). The summed E-state index contributed by atoms with van der Waals surface area (Å²) < 4.78 is 31.8. The van der Waals surface area contributed by atoms with E-state index in [4.69, 9.17) is 0 Å². The maximum absolute atomic E-state index is 15.3. The molecule has 4 heterocycles. The summed E-state index contributed by atoms with van der Waals surface area (Å²) in [5.74, 6) is -0.936. The quantitative estimate of drug-likeness (QED) is 0.134. The van der Waals surface area contributed by atoms with Gasteiger partial charge in [-0.15, -0.1) is 0 Å². The fourth-order valence-corrected chi connectivity index (χ4v) is 9.38. The smallest absolute Gasteiger partial charge is 0.255 e. The van der Waals surface area contributed by atoms with Crippen LogP contribution in [0, 0.1) is 24.5 Å². The minimum Gasteiger partial charge on any atom is -0.374 e. The number of nitrogens with one attached hydrogen (secondary N) is 4. The molecule has 2 aliphatic carbocycles. The standard InChI is InChI=1S/C45H52F2N8O4/c1-27-5-18-41(57)55(26-27)35-4-2-3-30(23-35)42-38(47)25-48-45(53-42)51-32-8-6-29(7-9-32)43(58)50-31-10-13-34(14-11-31)54-21-19-28(20-22-54)36-15-12-33(24-37(36)46)49-39-16-17-40(56)52-44(39)59/h2-5,12,15,18,23-26,28-29,31-32,34,39,49H,6-11,13-14,16-17,19-22H2,1H3,(H,50,58)(H,48,51,53)(H,52,56,59)/t29-,31-,32-,34-,39?.